The van der Waals surface area contributed by atoms with Gasteiger partial charge in [0.2, 0.25) is 0 Å². The Morgan fingerprint density at radius 1 is 1.21 bits per heavy atom. The van der Waals surface area contributed by atoms with E-state index in [9.17, 15) is 9.90 Å². The highest BCUT2D eigenvalue weighted by Crippen LogP contribution is 2.14. The Bertz CT molecular complexity index is 546. The quantitative estimate of drug-likeness (QED) is 0.866. The summed E-state index contributed by atoms with van der Waals surface area (Å²) >= 11 is 0. The number of carboxylic acid groups (broad SMARTS) is 1. The van der Waals surface area contributed by atoms with E-state index in [0.717, 1.165) is 11.3 Å². The van der Waals surface area contributed by atoms with E-state index in [0.29, 0.717) is 25.3 Å². The predicted octanol–water partition coefficient (Wildman–Crippen LogP) is 2.42. The van der Waals surface area contributed by atoms with Gasteiger partial charge in [0.25, 0.3) is 0 Å². The van der Waals surface area contributed by atoms with E-state index in [-0.39, 0.29) is 0 Å². The maximum absolute atomic E-state index is 11.2. The lowest BCUT2D eigenvalue weighted by Gasteiger charge is -2.11. The van der Waals surface area contributed by atoms with Crippen molar-refractivity contribution in [2.75, 3.05) is 13.7 Å². The molecule has 0 aliphatic carbocycles. The van der Waals surface area contributed by atoms with Gasteiger partial charge in [0.1, 0.15) is 5.69 Å². The summed E-state index contributed by atoms with van der Waals surface area (Å²) in [6.07, 6.45) is 0.705. The first-order valence-corrected chi connectivity index (χ1v) is 6.17. The van der Waals surface area contributed by atoms with Crippen molar-refractivity contribution in [2.24, 2.45) is 0 Å². The molecule has 2 aromatic rings. The van der Waals surface area contributed by atoms with Gasteiger partial charge in [0.15, 0.2) is 0 Å². The van der Waals surface area contributed by atoms with E-state index < -0.39 is 5.97 Å². The van der Waals surface area contributed by atoms with Crippen LogP contribution < -0.4 is 0 Å². The lowest BCUT2D eigenvalue weighted by Crippen LogP contribution is -2.13. The highest BCUT2D eigenvalue weighted by Gasteiger charge is 2.13. The molecule has 0 spiro atoms. The van der Waals surface area contributed by atoms with Crippen molar-refractivity contribution in [1.29, 1.82) is 0 Å². The Morgan fingerprint density at radius 2 is 1.95 bits per heavy atom. The van der Waals surface area contributed by atoms with E-state index in [1.54, 1.807) is 13.2 Å². The van der Waals surface area contributed by atoms with Gasteiger partial charge >= 0.3 is 5.97 Å². The third-order valence-corrected chi connectivity index (χ3v) is 3.04. The Kier molecular flexibility index (Phi) is 4.36. The largest absolute Gasteiger partial charge is 0.477 e. The van der Waals surface area contributed by atoms with Crippen LogP contribution in [-0.4, -0.2) is 29.4 Å². The molecular weight excluding hydrogens is 242 g/mol. The zero-order chi connectivity index (χ0) is 13.7. The second-order valence-electron chi connectivity index (χ2n) is 4.33. The van der Waals surface area contributed by atoms with Crippen molar-refractivity contribution in [3.8, 4) is 0 Å². The number of methoxy groups -OCH3 is 1. The number of carboxylic acids is 1. The highest BCUT2D eigenvalue weighted by molar-refractivity contribution is 5.86. The van der Waals surface area contributed by atoms with Gasteiger partial charge in [-0.25, -0.2) is 4.79 Å². The first kappa shape index (κ1) is 13.4. The van der Waals surface area contributed by atoms with E-state index in [1.165, 1.54) is 0 Å². The molecule has 1 aromatic carbocycles. The number of hydrogen-bond acceptors (Lipinski definition) is 2. The first-order chi connectivity index (χ1) is 9.22. The lowest BCUT2D eigenvalue weighted by atomic mass is 10.2. The predicted molar refractivity (Wildman–Crippen MR) is 72.5 cm³/mol. The molecule has 0 radical (unpaired) electrons. The molecule has 0 atom stereocenters. The summed E-state index contributed by atoms with van der Waals surface area (Å²) in [5, 5.41) is 9.23. The van der Waals surface area contributed by atoms with Gasteiger partial charge in [-0.1, -0.05) is 30.3 Å². The molecule has 100 valence electrons. The van der Waals surface area contributed by atoms with Crippen molar-refractivity contribution < 1.29 is 14.6 Å². The van der Waals surface area contributed by atoms with Gasteiger partial charge in [-0.2, -0.15) is 0 Å². The molecule has 0 saturated carbocycles. The summed E-state index contributed by atoms with van der Waals surface area (Å²) in [6.45, 7) is 1.15. The third kappa shape index (κ3) is 3.23. The van der Waals surface area contributed by atoms with E-state index >= 15 is 0 Å². The van der Waals surface area contributed by atoms with Gasteiger partial charge in [-0.05, 0) is 17.7 Å². The number of aromatic nitrogens is 1. The molecule has 0 aliphatic rings. The molecule has 19 heavy (non-hydrogen) atoms. The first-order valence-electron chi connectivity index (χ1n) is 6.17. The van der Waals surface area contributed by atoms with Crippen LogP contribution in [0.5, 0.6) is 0 Å². The van der Waals surface area contributed by atoms with Gasteiger partial charge < -0.3 is 14.4 Å². The van der Waals surface area contributed by atoms with Crippen LogP contribution in [0.1, 0.15) is 21.7 Å². The summed E-state index contributed by atoms with van der Waals surface area (Å²) in [4.78, 5) is 11.2. The minimum Gasteiger partial charge on any atom is -0.477 e. The smallest absolute Gasteiger partial charge is 0.352 e. The molecule has 0 saturated heterocycles. The number of ether oxygens (including phenoxy) is 1. The van der Waals surface area contributed by atoms with Crippen LogP contribution in [0.15, 0.2) is 42.5 Å². The van der Waals surface area contributed by atoms with E-state index in [4.69, 9.17) is 4.74 Å². The zero-order valence-electron chi connectivity index (χ0n) is 10.9. The SMILES string of the molecule is COCCc1ccc(C(=O)O)n1Cc1ccccc1. The van der Waals surface area contributed by atoms with Crippen molar-refractivity contribution >= 4 is 5.97 Å². The van der Waals surface area contributed by atoms with Crippen molar-refractivity contribution in [3.63, 3.8) is 0 Å². The second kappa shape index (κ2) is 6.20. The van der Waals surface area contributed by atoms with Gasteiger partial charge in [0, 0.05) is 25.8 Å². The molecule has 0 aliphatic heterocycles. The molecule has 0 fully saturated rings. The number of hydrogen-bond donors (Lipinski definition) is 1. The average Bonchev–Trinajstić information content (AvgIpc) is 2.80. The summed E-state index contributed by atoms with van der Waals surface area (Å²) in [6, 6.07) is 13.3. The minimum absolute atomic E-state index is 0.315. The second-order valence-corrected chi connectivity index (χ2v) is 4.33. The Hall–Kier alpha value is -2.07. The standard InChI is InChI=1S/C15H17NO3/c1-19-10-9-13-7-8-14(15(17)18)16(13)11-12-5-3-2-4-6-12/h2-8H,9-11H2,1H3,(H,17,18). The Morgan fingerprint density at radius 3 is 2.58 bits per heavy atom. The molecule has 4 nitrogen and oxygen atoms in total. The number of carbonyl (C=O) groups is 1. The molecular formula is C15H17NO3. The molecule has 1 aromatic heterocycles. The number of benzene rings is 1. The fraction of sp³-hybridized carbons (Fsp3) is 0.267. The summed E-state index contributed by atoms with van der Waals surface area (Å²) in [5.41, 5.74) is 2.37. The molecule has 2 rings (SSSR count). The minimum atomic E-state index is -0.903. The summed E-state index contributed by atoms with van der Waals surface area (Å²) in [5.74, 6) is -0.903. The summed E-state index contributed by atoms with van der Waals surface area (Å²) in [7, 11) is 1.64. The Balaban J connectivity index is 2.29. The maximum Gasteiger partial charge on any atom is 0.352 e. The van der Waals surface area contributed by atoms with Gasteiger partial charge in [-0.15, -0.1) is 0 Å². The van der Waals surface area contributed by atoms with Gasteiger partial charge in [-0.3, -0.25) is 0 Å². The zero-order valence-corrected chi connectivity index (χ0v) is 10.9. The van der Waals surface area contributed by atoms with Crippen LogP contribution in [0.4, 0.5) is 0 Å². The fourth-order valence-electron chi connectivity index (χ4n) is 2.07. The van der Waals surface area contributed by atoms with Crippen LogP contribution in [0.2, 0.25) is 0 Å². The fourth-order valence-corrected chi connectivity index (χ4v) is 2.07. The van der Waals surface area contributed by atoms with Crippen LogP contribution in [-0.2, 0) is 17.7 Å². The highest BCUT2D eigenvalue weighted by atomic mass is 16.5. The van der Waals surface area contributed by atoms with Crippen LogP contribution in [0.25, 0.3) is 0 Å². The van der Waals surface area contributed by atoms with Crippen molar-refractivity contribution in [2.45, 2.75) is 13.0 Å². The molecule has 0 bridgehead atoms. The normalized spacial score (nSPS) is 10.6. The van der Waals surface area contributed by atoms with Crippen molar-refractivity contribution in [3.05, 3.63) is 59.4 Å². The van der Waals surface area contributed by atoms with Crippen LogP contribution in [0.3, 0.4) is 0 Å². The lowest BCUT2D eigenvalue weighted by molar-refractivity contribution is 0.0685. The van der Waals surface area contributed by atoms with E-state index in [2.05, 4.69) is 0 Å². The monoisotopic (exact) mass is 259 g/mol. The maximum atomic E-state index is 11.2. The van der Waals surface area contributed by atoms with E-state index in [1.807, 2.05) is 41.0 Å². The Labute approximate surface area is 112 Å². The van der Waals surface area contributed by atoms with Crippen LogP contribution >= 0.6 is 0 Å². The van der Waals surface area contributed by atoms with Gasteiger partial charge in [0.05, 0.1) is 6.61 Å². The number of rotatable bonds is 6. The summed E-state index contributed by atoms with van der Waals surface area (Å²) < 4.78 is 6.89. The molecule has 1 N–H and O–H groups in total. The topological polar surface area (TPSA) is 51.5 Å². The molecule has 0 unspecified atom stereocenters. The van der Waals surface area contributed by atoms with Crippen LogP contribution in [0, 0.1) is 0 Å². The molecule has 4 heteroatoms. The molecule has 0 amide bonds. The number of aromatic carboxylic acids is 1. The van der Waals surface area contributed by atoms with Crippen molar-refractivity contribution in [1.82, 2.24) is 4.57 Å². The average molecular weight is 259 g/mol. The molecule has 1 heterocycles. The number of nitrogens with zero attached hydrogens (tertiary/aromatic N) is 1. The third-order valence-electron chi connectivity index (χ3n) is 3.04.